The van der Waals surface area contributed by atoms with Crippen LogP contribution >= 0.6 is 0 Å². The fraction of sp³-hybridized carbons (Fsp3) is 0.786. The van der Waals surface area contributed by atoms with Crippen molar-refractivity contribution in [2.45, 2.75) is 59.2 Å². The number of hydrogen-bond acceptors (Lipinski definition) is 3. The molecule has 0 aromatic heterocycles. The summed E-state index contributed by atoms with van der Waals surface area (Å²) in [7, 11) is 0. The maximum absolute atomic E-state index is 11.3. The summed E-state index contributed by atoms with van der Waals surface area (Å²) >= 11 is 0. The van der Waals surface area contributed by atoms with Crippen LogP contribution in [0.1, 0.15) is 48.0 Å². The van der Waals surface area contributed by atoms with Crippen molar-refractivity contribution < 1.29 is 14.3 Å². The summed E-state index contributed by atoms with van der Waals surface area (Å²) in [4.78, 5) is 11.3. The summed E-state index contributed by atoms with van der Waals surface area (Å²) in [5, 5.41) is 0. The lowest BCUT2D eigenvalue weighted by atomic mass is 9.88. The highest BCUT2D eigenvalue weighted by Gasteiger charge is 2.33. The van der Waals surface area contributed by atoms with Gasteiger partial charge in [-0.05, 0) is 34.1 Å². The summed E-state index contributed by atoms with van der Waals surface area (Å²) in [6, 6.07) is 0. The first-order valence-electron chi connectivity index (χ1n) is 6.14. The highest BCUT2D eigenvalue weighted by Crippen LogP contribution is 2.27. The van der Waals surface area contributed by atoms with E-state index in [1.807, 2.05) is 41.5 Å². The van der Waals surface area contributed by atoms with Gasteiger partial charge in [-0.2, -0.15) is 0 Å². The van der Waals surface area contributed by atoms with Gasteiger partial charge in [0.1, 0.15) is 5.60 Å². The van der Waals surface area contributed by atoms with Crippen molar-refractivity contribution in [2.75, 3.05) is 6.61 Å². The van der Waals surface area contributed by atoms with E-state index in [1.54, 1.807) is 0 Å². The van der Waals surface area contributed by atoms with Gasteiger partial charge in [0.15, 0.2) is 0 Å². The van der Waals surface area contributed by atoms with E-state index in [0.717, 1.165) is 6.42 Å². The highest BCUT2D eigenvalue weighted by atomic mass is 16.6. The van der Waals surface area contributed by atoms with Crippen molar-refractivity contribution in [3.05, 3.63) is 12.7 Å². The van der Waals surface area contributed by atoms with Crippen molar-refractivity contribution in [3.63, 3.8) is 0 Å². The van der Waals surface area contributed by atoms with E-state index >= 15 is 0 Å². The Bertz CT molecular complexity index is 265. The van der Waals surface area contributed by atoms with E-state index in [9.17, 15) is 4.79 Å². The molecule has 100 valence electrons. The van der Waals surface area contributed by atoms with Crippen molar-refractivity contribution >= 4 is 5.97 Å². The quantitative estimate of drug-likeness (QED) is 0.529. The monoisotopic (exact) mass is 242 g/mol. The fourth-order valence-corrected chi connectivity index (χ4v) is 1.34. The summed E-state index contributed by atoms with van der Waals surface area (Å²) in [6.07, 6.45) is 1.95. The van der Waals surface area contributed by atoms with Gasteiger partial charge in [0.2, 0.25) is 0 Å². The predicted molar refractivity (Wildman–Crippen MR) is 69.9 cm³/mol. The third-order valence-corrected chi connectivity index (χ3v) is 3.01. The van der Waals surface area contributed by atoms with Gasteiger partial charge >= 0.3 is 5.97 Å². The van der Waals surface area contributed by atoms with Gasteiger partial charge in [0.25, 0.3) is 0 Å². The van der Waals surface area contributed by atoms with Crippen LogP contribution in [0.3, 0.4) is 0 Å². The molecule has 0 aliphatic rings. The molecule has 0 spiro atoms. The Hall–Kier alpha value is -0.830. The smallest absolute Gasteiger partial charge is 0.330 e. The Morgan fingerprint density at radius 1 is 1.35 bits per heavy atom. The summed E-state index contributed by atoms with van der Waals surface area (Å²) in [6.45, 7) is 16.0. The number of esters is 1. The molecule has 3 heteroatoms. The van der Waals surface area contributed by atoms with Crippen molar-refractivity contribution in [1.29, 1.82) is 0 Å². The van der Waals surface area contributed by atoms with E-state index in [0.29, 0.717) is 6.61 Å². The Morgan fingerprint density at radius 3 is 2.24 bits per heavy atom. The first-order valence-corrected chi connectivity index (χ1v) is 6.14. The lowest BCUT2D eigenvalue weighted by Crippen LogP contribution is -2.41. The normalized spacial score (nSPS) is 17.1. The minimum atomic E-state index is -0.503. The van der Waals surface area contributed by atoms with Crippen LogP contribution in [0.4, 0.5) is 0 Å². The summed E-state index contributed by atoms with van der Waals surface area (Å²) < 4.78 is 11.2. The Kier molecular flexibility index (Phi) is 5.89. The molecule has 0 aliphatic heterocycles. The third-order valence-electron chi connectivity index (χ3n) is 3.01. The van der Waals surface area contributed by atoms with Crippen molar-refractivity contribution in [2.24, 2.45) is 5.92 Å². The van der Waals surface area contributed by atoms with Gasteiger partial charge < -0.3 is 9.47 Å². The first-order chi connectivity index (χ1) is 7.64. The maximum atomic E-state index is 11.3. The number of rotatable bonds is 6. The molecule has 0 aromatic carbocycles. The molecule has 0 aromatic rings. The van der Waals surface area contributed by atoms with Gasteiger partial charge in [0, 0.05) is 12.0 Å². The minimum Gasteiger partial charge on any atom is -0.456 e. The van der Waals surface area contributed by atoms with Crippen molar-refractivity contribution in [3.8, 4) is 0 Å². The summed E-state index contributed by atoms with van der Waals surface area (Å²) in [5.41, 5.74) is -0.679. The molecule has 0 heterocycles. The van der Waals surface area contributed by atoms with E-state index in [-0.39, 0.29) is 17.5 Å². The average molecular weight is 242 g/mol. The zero-order chi connectivity index (χ0) is 13.7. The molecular weight excluding hydrogens is 216 g/mol. The van der Waals surface area contributed by atoms with Crippen molar-refractivity contribution in [1.82, 2.24) is 0 Å². The number of ether oxygens (including phenoxy) is 2. The third kappa shape index (κ3) is 5.87. The Balaban J connectivity index is 4.51. The SMILES string of the molecule is C=CC(=O)OC(C)(CC)C(C)COC(C)(C)C. The zero-order valence-electron chi connectivity index (χ0n) is 12.0. The molecule has 3 nitrogen and oxygen atoms in total. The lowest BCUT2D eigenvalue weighted by molar-refractivity contribution is -0.162. The average Bonchev–Trinajstić information content (AvgIpc) is 2.24. The number of carbonyl (C=O) groups excluding carboxylic acids is 1. The second-order valence-electron chi connectivity index (χ2n) is 5.62. The molecule has 2 atom stereocenters. The molecule has 0 saturated heterocycles. The van der Waals surface area contributed by atoms with Crippen LogP contribution in [0.5, 0.6) is 0 Å². The predicted octanol–water partition coefficient (Wildman–Crippen LogP) is 3.34. The maximum Gasteiger partial charge on any atom is 0.330 e. The topological polar surface area (TPSA) is 35.5 Å². The highest BCUT2D eigenvalue weighted by molar-refractivity contribution is 5.81. The van der Waals surface area contributed by atoms with Crippen LogP contribution in [0.25, 0.3) is 0 Å². The van der Waals surface area contributed by atoms with Gasteiger partial charge in [-0.1, -0.05) is 20.4 Å². The van der Waals surface area contributed by atoms with E-state index in [4.69, 9.17) is 9.47 Å². The van der Waals surface area contributed by atoms with Gasteiger partial charge in [-0.25, -0.2) is 4.79 Å². The molecule has 17 heavy (non-hydrogen) atoms. The van der Waals surface area contributed by atoms with Gasteiger partial charge in [0.05, 0.1) is 12.2 Å². The second kappa shape index (κ2) is 6.20. The molecule has 0 amide bonds. The standard InChI is InChI=1S/C14H26O3/c1-8-12(15)17-14(7,9-2)11(3)10-16-13(4,5)6/h8,11H,1,9-10H2,2-7H3. The minimum absolute atomic E-state index is 0.135. The molecule has 0 fully saturated rings. The van der Waals surface area contributed by atoms with E-state index < -0.39 is 5.60 Å². The van der Waals surface area contributed by atoms with Crippen LogP contribution < -0.4 is 0 Å². The Labute approximate surface area is 105 Å². The zero-order valence-corrected chi connectivity index (χ0v) is 12.0. The van der Waals surface area contributed by atoms with E-state index in [1.165, 1.54) is 6.08 Å². The second-order valence-corrected chi connectivity index (χ2v) is 5.62. The molecule has 0 rings (SSSR count). The van der Waals surface area contributed by atoms with Crippen LogP contribution in [0, 0.1) is 5.92 Å². The van der Waals surface area contributed by atoms with Crippen LogP contribution in [0.15, 0.2) is 12.7 Å². The molecule has 2 unspecified atom stereocenters. The number of carbonyl (C=O) groups is 1. The molecule has 0 N–H and O–H groups in total. The molecule has 0 aliphatic carbocycles. The Morgan fingerprint density at radius 2 is 1.88 bits per heavy atom. The van der Waals surface area contributed by atoms with Crippen LogP contribution in [0.2, 0.25) is 0 Å². The van der Waals surface area contributed by atoms with Crippen LogP contribution in [-0.2, 0) is 14.3 Å². The van der Waals surface area contributed by atoms with Gasteiger partial charge in [-0.15, -0.1) is 0 Å². The summed E-state index contributed by atoms with van der Waals surface area (Å²) in [5.74, 6) is -0.243. The molecular formula is C14H26O3. The first kappa shape index (κ1) is 16.2. The molecule has 0 saturated carbocycles. The lowest BCUT2D eigenvalue weighted by Gasteiger charge is -2.35. The molecule has 0 bridgehead atoms. The van der Waals surface area contributed by atoms with Crippen LogP contribution in [-0.4, -0.2) is 23.8 Å². The fourth-order valence-electron chi connectivity index (χ4n) is 1.34. The number of hydrogen-bond donors (Lipinski definition) is 0. The van der Waals surface area contributed by atoms with Gasteiger partial charge in [-0.3, -0.25) is 0 Å². The largest absolute Gasteiger partial charge is 0.456 e. The molecule has 0 radical (unpaired) electrons. The van der Waals surface area contributed by atoms with E-state index in [2.05, 4.69) is 6.58 Å².